The van der Waals surface area contributed by atoms with Gasteiger partial charge >= 0.3 is 0 Å². The number of nitrogens with one attached hydrogen (secondary N) is 1. The van der Waals surface area contributed by atoms with E-state index in [-0.39, 0.29) is 0 Å². The summed E-state index contributed by atoms with van der Waals surface area (Å²) in [6.07, 6.45) is 2.03. The summed E-state index contributed by atoms with van der Waals surface area (Å²) in [5.74, 6) is 2.50. The molecule has 0 fully saturated rings. The van der Waals surface area contributed by atoms with Crippen molar-refractivity contribution in [2.24, 2.45) is 0 Å². The highest BCUT2D eigenvalue weighted by atomic mass is 32.1. The molecule has 5 nitrogen and oxygen atoms in total. The summed E-state index contributed by atoms with van der Waals surface area (Å²) in [6, 6.07) is 16.1. The Labute approximate surface area is 148 Å². The van der Waals surface area contributed by atoms with E-state index in [1.54, 1.807) is 11.3 Å². The van der Waals surface area contributed by atoms with Crippen molar-refractivity contribution in [3.63, 3.8) is 0 Å². The lowest BCUT2D eigenvalue weighted by Crippen LogP contribution is -2.15. The first-order valence-corrected chi connectivity index (χ1v) is 8.94. The fourth-order valence-electron chi connectivity index (χ4n) is 2.96. The summed E-state index contributed by atoms with van der Waals surface area (Å²) in [6.45, 7) is 1.17. The Kier molecular flexibility index (Phi) is 3.34. The van der Waals surface area contributed by atoms with Crippen LogP contribution in [0.15, 0.2) is 60.1 Å². The molecule has 0 radical (unpaired) electrons. The highest BCUT2D eigenvalue weighted by Gasteiger charge is 2.17. The van der Waals surface area contributed by atoms with Gasteiger partial charge in [-0.1, -0.05) is 30.3 Å². The highest BCUT2D eigenvalue weighted by molar-refractivity contribution is 7.15. The van der Waals surface area contributed by atoms with Crippen molar-refractivity contribution < 1.29 is 9.47 Å². The highest BCUT2D eigenvalue weighted by Crippen LogP contribution is 2.36. The van der Waals surface area contributed by atoms with E-state index in [0.717, 1.165) is 39.2 Å². The van der Waals surface area contributed by atoms with Gasteiger partial charge < -0.3 is 14.8 Å². The van der Waals surface area contributed by atoms with E-state index in [1.165, 1.54) is 0 Å². The number of fused-ring (bicyclic) bond motifs is 2. The van der Waals surface area contributed by atoms with Crippen LogP contribution in [0.4, 0.5) is 11.5 Å². The molecule has 1 aliphatic heterocycles. The monoisotopic (exact) mass is 349 g/mol. The molecule has 0 spiro atoms. The molecule has 0 amide bonds. The van der Waals surface area contributed by atoms with Crippen LogP contribution in [0, 0.1) is 0 Å². The Morgan fingerprint density at radius 2 is 1.84 bits per heavy atom. The van der Waals surface area contributed by atoms with Crippen LogP contribution in [-0.4, -0.2) is 22.6 Å². The normalized spacial score (nSPS) is 13.1. The first-order chi connectivity index (χ1) is 12.4. The summed E-state index contributed by atoms with van der Waals surface area (Å²) in [5.41, 5.74) is 2.95. The largest absolute Gasteiger partial charge is 0.486 e. The van der Waals surface area contributed by atoms with Crippen LogP contribution < -0.4 is 14.8 Å². The summed E-state index contributed by atoms with van der Waals surface area (Å²) in [4.78, 5) is 5.75. The van der Waals surface area contributed by atoms with Gasteiger partial charge in [0.1, 0.15) is 24.7 Å². The molecule has 124 valence electrons. The number of aromatic nitrogens is 2. The molecule has 6 heteroatoms. The van der Waals surface area contributed by atoms with E-state index in [9.17, 15) is 0 Å². The van der Waals surface area contributed by atoms with Crippen molar-refractivity contribution in [1.29, 1.82) is 0 Å². The molecule has 0 saturated heterocycles. The molecule has 2 aromatic heterocycles. The van der Waals surface area contributed by atoms with Gasteiger partial charge in [-0.15, -0.1) is 11.3 Å². The van der Waals surface area contributed by atoms with Crippen molar-refractivity contribution in [1.82, 2.24) is 9.38 Å². The Morgan fingerprint density at radius 1 is 1.00 bits per heavy atom. The molecule has 5 rings (SSSR count). The van der Waals surface area contributed by atoms with Gasteiger partial charge in [0, 0.05) is 28.9 Å². The van der Waals surface area contributed by atoms with Crippen LogP contribution in [0.3, 0.4) is 0 Å². The molecule has 0 unspecified atom stereocenters. The van der Waals surface area contributed by atoms with Crippen LogP contribution in [-0.2, 0) is 0 Å². The smallest absolute Gasteiger partial charge is 0.195 e. The number of hydrogen-bond acceptors (Lipinski definition) is 5. The molecule has 0 bridgehead atoms. The van der Waals surface area contributed by atoms with Gasteiger partial charge in [0.15, 0.2) is 16.5 Å². The molecular formula is C19H15N3O2S. The van der Waals surface area contributed by atoms with Crippen molar-refractivity contribution in [3.8, 4) is 22.8 Å². The van der Waals surface area contributed by atoms with Crippen molar-refractivity contribution in [2.75, 3.05) is 18.5 Å². The maximum Gasteiger partial charge on any atom is 0.195 e. The average Bonchev–Trinajstić information content (AvgIpc) is 3.25. The van der Waals surface area contributed by atoms with E-state index in [1.807, 2.05) is 48.0 Å². The zero-order chi connectivity index (χ0) is 16.6. The van der Waals surface area contributed by atoms with E-state index in [4.69, 9.17) is 14.5 Å². The lowest BCUT2D eigenvalue weighted by atomic mass is 10.1. The number of thiazole rings is 1. The summed E-state index contributed by atoms with van der Waals surface area (Å²) in [7, 11) is 0. The quantitative estimate of drug-likeness (QED) is 0.588. The fraction of sp³-hybridized carbons (Fsp3) is 0.105. The number of imidazole rings is 1. The van der Waals surface area contributed by atoms with Gasteiger partial charge in [0.25, 0.3) is 0 Å². The predicted molar refractivity (Wildman–Crippen MR) is 99.2 cm³/mol. The Hall–Kier alpha value is -2.99. The van der Waals surface area contributed by atoms with Gasteiger partial charge in [0.05, 0.1) is 0 Å². The summed E-state index contributed by atoms with van der Waals surface area (Å²) in [5, 5.41) is 5.54. The van der Waals surface area contributed by atoms with E-state index < -0.39 is 0 Å². The average molecular weight is 349 g/mol. The van der Waals surface area contributed by atoms with Gasteiger partial charge in [-0.3, -0.25) is 4.40 Å². The van der Waals surface area contributed by atoms with Crippen LogP contribution in [0.1, 0.15) is 0 Å². The minimum absolute atomic E-state index is 0.577. The third-order valence-corrected chi connectivity index (χ3v) is 4.87. The number of ether oxygens (including phenoxy) is 2. The SMILES string of the molecule is c1ccc(-c2nc3sccn3c2Nc2ccc3c(c2)OCCO3)cc1. The molecule has 0 aliphatic carbocycles. The maximum absolute atomic E-state index is 5.69. The first kappa shape index (κ1) is 14.4. The van der Waals surface area contributed by atoms with Crippen molar-refractivity contribution in [3.05, 3.63) is 60.1 Å². The summed E-state index contributed by atoms with van der Waals surface area (Å²) < 4.78 is 13.4. The van der Waals surface area contributed by atoms with Crippen molar-refractivity contribution >= 4 is 27.8 Å². The number of rotatable bonds is 3. The molecule has 25 heavy (non-hydrogen) atoms. The van der Waals surface area contributed by atoms with Crippen LogP contribution in [0.2, 0.25) is 0 Å². The van der Waals surface area contributed by atoms with Gasteiger partial charge in [-0.25, -0.2) is 4.98 Å². The second-order valence-electron chi connectivity index (χ2n) is 5.71. The first-order valence-electron chi connectivity index (χ1n) is 8.06. The molecule has 2 aromatic carbocycles. The topological polar surface area (TPSA) is 47.8 Å². The molecule has 0 saturated carbocycles. The van der Waals surface area contributed by atoms with Gasteiger partial charge in [0.2, 0.25) is 0 Å². The standard InChI is InChI=1S/C19H15N3O2S/c1-2-4-13(5-3-1)17-18(22-8-11-25-19(22)21-17)20-14-6-7-15-16(12-14)24-10-9-23-15/h1-8,11-12,20H,9-10H2. The van der Waals surface area contributed by atoms with Crippen LogP contribution >= 0.6 is 11.3 Å². The Bertz CT molecular complexity index is 1040. The molecule has 1 aliphatic rings. The predicted octanol–water partition coefficient (Wildman–Crippen LogP) is 4.58. The summed E-state index contributed by atoms with van der Waals surface area (Å²) >= 11 is 1.62. The van der Waals surface area contributed by atoms with Crippen LogP contribution in [0.5, 0.6) is 11.5 Å². The van der Waals surface area contributed by atoms with E-state index in [2.05, 4.69) is 21.9 Å². The molecule has 3 heterocycles. The van der Waals surface area contributed by atoms with E-state index in [0.29, 0.717) is 13.2 Å². The minimum atomic E-state index is 0.577. The fourth-order valence-corrected chi connectivity index (χ4v) is 3.67. The number of benzene rings is 2. The maximum atomic E-state index is 5.69. The second kappa shape index (κ2) is 5.82. The molecule has 1 N–H and O–H groups in total. The molecule has 0 atom stereocenters. The Morgan fingerprint density at radius 3 is 2.72 bits per heavy atom. The Balaban J connectivity index is 1.59. The number of nitrogens with zero attached hydrogens (tertiary/aromatic N) is 2. The van der Waals surface area contributed by atoms with Gasteiger partial charge in [-0.2, -0.15) is 0 Å². The molecule has 4 aromatic rings. The third kappa shape index (κ3) is 2.51. The third-order valence-electron chi connectivity index (χ3n) is 4.11. The second-order valence-corrected chi connectivity index (χ2v) is 6.59. The van der Waals surface area contributed by atoms with Crippen LogP contribution in [0.25, 0.3) is 16.2 Å². The zero-order valence-electron chi connectivity index (χ0n) is 13.3. The van der Waals surface area contributed by atoms with Crippen molar-refractivity contribution in [2.45, 2.75) is 0 Å². The van der Waals surface area contributed by atoms with E-state index >= 15 is 0 Å². The minimum Gasteiger partial charge on any atom is -0.486 e. The number of anilines is 2. The zero-order valence-corrected chi connectivity index (χ0v) is 14.1. The lowest BCUT2D eigenvalue weighted by Gasteiger charge is -2.19. The molecular weight excluding hydrogens is 334 g/mol. The number of hydrogen-bond donors (Lipinski definition) is 1. The lowest BCUT2D eigenvalue weighted by molar-refractivity contribution is 0.171. The van der Waals surface area contributed by atoms with Gasteiger partial charge in [-0.05, 0) is 12.1 Å².